The van der Waals surface area contributed by atoms with E-state index in [0.717, 1.165) is 22.3 Å². The third-order valence-corrected chi connectivity index (χ3v) is 4.01. The van der Waals surface area contributed by atoms with Crippen LogP contribution >= 0.6 is 0 Å². The minimum absolute atomic E-state index is 0.107. The maximum absolute atomic E-state index is 13.6. The molecule has 0 heterocycles. The summed E-state index contributed by atoms with van der Waals surface area (Å²) < 4.78 is 13.6. The van der Waals surface area contributed by atoms with Crippen LogP contribution in [0.2, 0.25) is 0 Å². The van der Waals surface area contributed by atoms with Gasteiger partial charge in [-0.2, -0.15) is 0 Å². The van der Waals surface area contributed by atoms with E-state index in [9.17, 15) is 19.1 Å². The van der Waals surface area contributed by atoms with Gasteiger partial charge in [0.05, 0.1) is 5.56 Å². The second-order valence-corrected chi connectivity index (χ2v) is 5.66. The van der Waals surface area contributed by atoms with Crippen LogP contribution in [0.3, 0.4) is 0 Å². The van der Waals surface area contributed by atoms with Crippen molar-refractivity contribution >= 4 is 18.3 Å². The fourth-order valence-electron chi connectivity index (χ4n) is 2.85. The van der Waals surface area contributed by atoms with Crippen molar-refractivity contribution in [2.45, 2.75) is 0 Å². The summed E-state index contributed by atoms with van der Waals surface area (Å²) in [5, 5.41) is 9.33. The number of rotatable bonds is 5. The molecule has 0 saturated carbocycles. The van der Waals surface area contributed by atoms with E-state index in [4.69, 9.17) is 0 Å². The Balaban J connectivity index is 2.17. The van der Waals surface area contributed by atoms with Gasteiger partial charge < -0.3 is 5.11 Å². The number of aldehydes is 1. The molecule has 0 aromatic heterocycles. The predicted molar refractivity (Wildman–Crippen MR) is 99.3 cm³/mol. The zero-order chi connectivity index (χ0) is 18.5. The van der Waals surface area contributed by atoms with Crippen molar-refractivity contribution in [3.8, 4) is 22.3 Å². The molecule has 0 saturated heterocycles. The lowest BCUT2D eigenvalue weighted by Crippen LogP contribution is -2.00. The molecule has 3 aromatic rings. The molecular weight excluding hydrogens is 331 g/mol. The van der Waals surface area contributed by atoms with Crippen molar-refractivity contribution in [1.82, 2.24) is 0 Å². The van der Waals surface area contributed by atoms with Crippen LogP contribution in [0.15, 0.2) is 72.8 Å². The molecule has 3 nitrogen and oxygen atoms in total. The summed E-state index contributed by atoms with van der Waals surface area (Å²) >= 11 is 0. The highest BCUT2D eigenvalue weighted by atomic mass is 19.1. The average molecular weight is 346 g/mol. The van der Waals surface area contributed by atoms with Crippen molar-refractivity contribution in [3.05, 3.63) is 89.8 Å². The Bertz CT molecular complexity index is 1010. The number of carboxylic acids is 1. The molecule has 3 aromatic carbocycles. The topological polar surface area (TPSA) is 54.4 Å². The number of halogens is 1. The van der Waals surface area contributed by atoms with Gasteiger partial charge in [-0.1, -0.05) is 48.5 Å². The maximum atomic E-state index is 13.6. The van der Waals surface area contributed by atoms with E-state index in [0.29, 0.717) is 11.8 Å². The minimum Gasteiger partial charge on any atom is -0.478 e. The van der Waals surface area contributed by atoms with Crippen LogP contribution in [0.4, 0.5) is 4.39 Å². The number of hydrogen-bond donors (Lipinski definition) is 1. The minimum atomic E-state index is -1.07. The molecule has 0 aliphatic carbocycles. The fourth-order valence-corrected chi connectivity index (χ4v) is 2.85. The molecule has 0 aliphatic heterocycles. The molecule has 0 bridgehead atoms. The molecule has 1 N–H and O–H groups in total. The quantitative estimate of drug-likeness (QED) is 0.518. The summed E-state index contributed by atoms with van der Waals surface area (Å²) in [4.78, 5) is 22.0. The fraction of sp³-hybridized carbons (Fsp3) is 0. The van der Waals surface area contributed by atoms with Gasteiger partial charge in [-0.25, -0.2) is 9.18 Å². The zero-order valence-corrected chi connectivity index (χ0v) is 13.7. The van der Waals surface area contributed by atoms with Crippen molar-refractivity contribution in [3.63, 3.8) is 0 Å². The number of hydrogen-bond acceptors (Lipinski definition) is 2. The first-order chi connectivity index (χ1) is 12.6. The third-order valence-electron chi connectivity index (χ3n) is 4.01. The van der Waals surface area contributed by atoms with Crippen LogP contribution in [-0.4, -0.2) is 17.4 Å². The maximum Gasteiger partial charge on any atom is 0.336 e. The van der Waals surface area contributed by atoms with Crippen LogP contribution < -0.4 is 0 Å². The third kappa shape index (κ3) is 3.59. The predicted octanol–water partition coefficient (Wildman–Crippen LogP) is 5.07. The molecule has 0 aliphatic rings. The highest BCUT2D eigenvalue weighted by Crippen LogP contribution is 2.33. The van der Waals surface area contributed by atoms with Gasteiger partial charge in [0.15, 0.2) is 0 Å². The van der Waals surface area contributed by atoms with Crippen LogP contribution in [0.1, 0.15) is 15.9 Å². The Morgan fingerprint density at radius 1 is 0.885 bits per heavy atom. The summed E-state index contributed by atoms with van der Waals surface area (Å²) in [5.41, 5.74) is 3.72. The second-order valence-electron chi connectivity index (χ2n) is 5.66. The number of carbonyl (C=O) groups is 2. The number of carboxylic acid groups (broad SMARTS) is 1. The van der Waals surface area contributed by atoms with Gasteiger partial charge in [0.2, 0.25) is 0 Å². The van der Waals surface area contributed by atoms with E-state index in [1.54, 1.807) is 18.2 Å². The monoisotopic (exact) mass is 346 g/mol. The summed E-state index contributed by atoms with van der Waals surface area (Å²) in [6.07, 6.45) is 3.31. The molecule has 4 heteroatoms. The normalized spacial score (nSPS) is 10.8. The largest absolute Gasteiger partial charge is 0.478 e. The average Bonchev–Trinajstić information content (AvgIpc) is 2.66. The number of benzene rings is 3. The molecule has 26 heavy (non-hydrogen) atoms. The van der Waals surface area contributed by atoms with Gasteiger partial charge in [0.25, 0.3) is 0 Å². The lowest BCUT2D eigenvalue weighted by Gasteiger charge is -2.12. The molecule has 0 unspecified atom stereocenters. The Morgan fingerprint density at radius 2 is 1.58 bits per heavy atom. The molecule has 0 atom stereocenters. The summed E-state index contributed by atoms with van der Waals surface area (Å²) in [7, 11) is 0. The molecule has 0 radical (unpaired) electrons. The van der Waals surface area contributed by atoms with Gasteiger partial charge >= 0.3 is 5.97 Å². The van der Waals surface area contributed by atoms with Crippen molar-refractivity contribution in [1.29, 1.82) is 0 Å². The highest BCUT2D eigenvalue weighted by Gasteiger charge is 2.12. The Kier molecular flexibility index (Phi) is 5.04. The van der Waals surface area contributed by atoms with Crippen LogP contribution in [-0.2, 0) is 4.79 Å². The number of carbonyl (C=O) groups excluding carboxylic acids is 1. The van der Waals surface area contributed by atoms with E-state index >= 15 is 0 Å². The first-order valence-corrected chi connectivity index (χ1v) is 7.94. The van der Waals surface area contributed by atoms with Crippen LogP contribution in [0.25, 0.3) is 28.3 Å². The SMILES string of the molecule is O=C/C=C/c1cc(-c2ccccc2-c2cccc(F)c2)ccc1C(=O)O. The molecule has 0 spiro atoms. The van der Waals surface area contributed by atoms with Crippen LogP contribution in [0.5, 0.6) is 0 Å². The molecule has 128 valence electrons. The van der Waals surface area contributed by atoms with E-state index in [1.807, 2.05) is 30.3 Å². The number of aromatic carboxylic acids is 1. The summed E-state index contributed by atoms with van der Waals surface area (Å²) in [6.45, 7) is 0. The summed E-state index contributed by atoms with van der Waals surface area (Å²) in [5.74, 6) is -1.39. The molecular formula is C22H15FO3. The van der Waals surface area contributed by atoms with Crippen molar-refractivity contribution in [2.24, 2.45) is 0 Å². The van der Waals surface area contributed by atoms with Gasteiger partial charge in [-0.05, 0) is 58.2 Å². The first-order valence-electron chi connectivity index (χ1n) is 7.94. The lowest BCUT2D eigenvalue weighted by molar-refractivity contribution is -0.104. The van der Waals surface area contributed by atoms with Gasteiger partial charge in [0.1, 0.15) is 12.1 Å². The van der Waals surface area contributed by atoms with Gasteiger partial charge in [0, 0.05) is 0 Å². The highest BCUT2D eigenvalue weighted by molar-refractivity contribution is 5.95. The van der Waals surface area contributed by atoms with E-state index in [1.165, 1.54) is 30.4 Å². The zero-order valence-electron chi connectivity index (χ0n) is 13.7. The van der Waals surface area contributed by atoms with E-state index < -0.39 is 5.97 Å². The van der Waals surface area contributed by atoms with E-state index in [2.05, 4.69) is 0 Å². The smallest absolute Gasteiger partial charge is 0.336 e. The van der Waals surface area contributed by atoms with Crippen molar-refractivity contribution in [2.75, 3.05) is 0 Å². The van der Waals surface area contributed by atoms with Crippen molar-refractivity contribution < 1.29 is 19.1 Å². The molecule has 0 fully saturated rings. The standard InChI is InChI=1S/C22H15FO3/c23-18-7-3-5-16(14-18)19-8-1-2-9-20(19)17-10-11-21(22(25)26)15(13-17)6-4-12-24/h1-14H,(H,25,26)/b6-4+. The summed E-state index contributed by atoms with van der Waals surface area (Å²) in [6, 6.07) is 18.7. The lowest BCUT2D eigenvalue weighted by atomic mass is 9.92. The number of allylic oxidation sites excluding steroid dienone is 1. The van der Waals surface area contributed by atoms with Gasteiger partial charge in [-0.3, -0.25) is 4.79 Å². The molecule has 3 rings (SSSR count). The second kappa shape index (κ2) is 7.57. The first kappa shape index (κ1) is 17.3. The van der Waals surface area contributed by atoms with Gasteiger partial charge in [-0.15, -0.1) is 0 Å². The Hall–Kier alpha value is -3.53. The van der Waals surface area contributed by atoms with Crippen LogP contribution in [0, 0.1) is 5.82 Å². The molecule has 0 amide bonds. The Labute approximate surface area is 150 Å². The van der Waals surface area contributed by atoms with E-state index in [-0.39, 0.29) is 11.4 Å². The Morgan fingerprint density at radius 3 is 2.19 bits per heavy atom.